The van der Waals surface area contributed by atoms with Gasteiger partial charge in [0.2, 0.25) is 0 Å². The van der Waals surface area contributed by atoms with Crippen molar-refractivity contribution in [2.45, 2.75) is 32.9 Å². The van der Waals surface area contributed by atoms with E-state index in [1.54, 1.807) is 6.07 Å². The molecule has 0 aliphatic rings. The molecule has 98 valence electrons. The summed E-state index contributed by atoms with van der Waals surface area (Å²) >= 11 is 0. The summed E-state index contributed by atoms with van der Waals surface area (Å²) in [5, 5.41) is 14.0. The molecule has 0 fully saturated rings. The summed E-state index contributed by atoms with van der Waals surface area (Å²) in [7, 11) is 0. The minimum absolute atomic E-state index is 0.363. The molecule has 0 atom stereocenters. The Bertz CT molecular complexity index is 436. The first-order chi connectivity index (χ1) is 8.40. The van der Waals surface area contributed by atoms with Crippen LogP contribution in [0.15, 0.2) is 29.4 Å². The third-order valence-corrected chi connectivity index (χ3v) is 1.99. The van der Waals surface area contributed by atoms with Crippen molar-refractivity contribution in [3.63, 3.8) is 0 Å². The van der Waals surface area contributed by atoms with E-state index in [0.717, 1.165) is 11.1 Å². The molecular weight excluding hydrogens is 232 g/mol. The van der Waals surface area contributed by atoms with Gasteiger partial charge in [-0.1, -0.05) is 23.4 Å². The normalized spacial score (nSPS) is 11.5. The van der Waals surface area contributed by atoms with Gasteiger partial charge in [-0.3, -0.25) is 0 Å². The predicted octanol–water partition coefficient (Wildman–Crippen LogP) is 2.52. The van der Waals surface area contributed by atoms with Crippen molar-refractivity contribution in [2.75, 3.05) is 0 Å². The second kappa shape index (κ2) is 6.05. The Morgan fingerprint density at radius 1 is 1.50 bits per heavy atom. The molecule has 18 heavy (non-hydrogen) atoms. The van der Waals surface area contributed by atoms with Crippen molar-refractivity contribution in [1.29, 1.82) is 0 Å². The molecule has 5 heteroatoms. The summed E-state index contributed by atoms with van der Waals surface area (Å²) in [6.07, 6.45) is 0.875. The zero-order chi connectivity index (χ0) is 13.6. The Kier molecular flexibility index (Phi) is 4.71. The molecule has 0 aliphatic carbocycles. The van der Waals surface area contributed by atoms with Crippen molar-refractivity contribution in [2.24, 2.45) is 5.16 Å². The Balaban J connectivity index is 2.53. The van der Waals surface area contributed by atoms with E-state index in [-0.39, 0.29) is 0 Å². The van der Waals surface area contributed by atoms with Crippen LogP contribution in [0.25, 0.3) is 0 Å². The topological polar surface area (TPSA) is 70.9 Å². The Morgan fingerprint density at radius 3 is 2.83 bits per heavy atom. The zero-order valence-corrected chi connectivity index (χ0v) is 10.8. The monoisotopic (exact) mass is 250 g/mol. The first-order valence-electron chi connectivity index (χ1n) is 5.64. The van der Waals surface area contributed by atoms with E-state index in [2.05, 4.69) is 10.5 Å². The number of amides is 1. The van der Waals surface area contributed by atoms with Crippen LogP contribution in [-0.2, 0) is 11.3 Å². The summed E-state index contributed by atoms with van der Waals surface area (Å²) in [5.74, 6) is 0. The number of nitrogens with zero attached hydrogens (tertiary/aromatic N) is 1. The summed E-state index contributed by atoms with van der Waals surface area (Å²) in [5.41, 5.74) is 1.16. The number of rotatable bonds is 3. The van der Waals surface area contributed by atoms with Gasteiger partial charge in [0.1, 0.15) is 5.60 Å². The number of carbonyl (C=O) groups excluding carboxylic acids is 1. The first kappa shape index (κ1) is 14.0. The lowest BCUT2D eigenvalue weighted by Crippen LogP contribution is -2.32. The van der Waals surface area contributed by atoms with Crippen molar-refractivity contribution in [1.82, 2.24) is 5.32 Å². The molecular formula is C13H18N2O3. The molecule has 1 rings (SSSR count). The quantitative estimate of drug-likeness (QED) is 0.492. The number of nitrogens with one attached hydrogen (secondary N) is 1. The maximum atomic E-state index is 11.4. The fourth-order valence-electron chi connectivity index (χ4n) is 1.34. The lowest BCUT2D eigenvalue weighted by Gasteiger charge is -2.19. The number of hydrogen-bond donors (Lipinski definition) is 2. The lowest BCUT2D eigenvalue weighted by atomic mass is 10.1. The number of oxime groups is 1. The van der Waals surface area contributed by atoms with Crippen LogP contribution in [0.2, 0.25) is 0 Å². The van der Waals surface area contributed by atoms with Crippen LogP contribution in [0.3, 0.4) is 0 Å². The summed E-state index contributed by atoms with van der Waals surface area (Å²) < 4.78 is 5.12. The number of carbonyl (C=O) groups is 1. The Labute approximate surface area is 106 Å². The van der Waals surface area contributed by atoms with Gasteiger partial charge in [0, 0.05) is 6.54 Å². The highest BCUT2D eigenvalue weighted by Gasteiger charge is 2.15. The third-order valence-electron chi connectivity index (χ3n) is 1.99. The van der Waals surface area contributed by atoms with E-state index >= 15 is 0 Å². The van der Waals surface area contributed by atoms with Gasteiger partial charge in [0.15, 0.2) is 0 Å². The smallest absolute Gasteiger partial charge is 0.407 e. The van der Waals surface area contributed by atoms with Crippen LogP contribution >= 0.6 is 0 Å². The second-order valence-electron chi connectivity index (χ2n) is 4.85. The minimum atomic E-state index is -0.504. The van der Waals surface area contributed by atoms with Gasteiger partial charge in [-0.15, -0.1) is 0 Å². The fourth-order valence-corrected chi connectivity index (χ4v) is 1.34. The van der Waals surface area contributed by atoms with Crippen LogP contribution < -0.4 is 5.32 Å². The van der Waals surface area contributed by atoms with Crippen molar-refractivity contribution in [3.05, 3.63) is 35.4 Å². The van der Waals surface area contributed by atoms with Crippen LogP contribution in [0.4, 0.5) is 4.79 Å². The molecule has 0 aromatic heterocycles. The van der Waals surface area contributed by atoms with Crippen molar-refractivity contribution >= 4 is 12.3 Å². The highest BCUT2D eigenvalue weighted by Crippen LogP contribution is 2.07. The summed E-state index contributed by atoms with van der Waals surface area (Å²) in [4.78, 5) is 11.4. The van der Waals surface area contributed by atoms with Crippen LogP contribution in [0, 0.1) is 0 Å². The molecule has 2 N–H and O–H groups in total. The average molecular weight is 250 g/mol. The van der Waals surface area contributed by atoms with E-state index in [0.29, 0.717) is 6.54 Å². The van der Waals surface area contributed by atoms with Gasteiger partial charge in [-0.2, -0.15) is 0 Å². The molecule has 0 aliphatic heterocycles. The molecule has 0 radical (unpaired) electrons. The summed E-state index contributed by atoms with van der Waals surface area (Å²) in [6.45, 7) is 5.79. The van der Waals surface area contributed by atoms with Crippen LogP contribution in [-0.4, -0.2) is 23.1 Å². The molecule has 5 nitrogen and oxygen atoms in total. The van der Waals surface area contributed by atoms with Gasteiger partial charge in [-0.05, 0) is 38.0 Å². The van der Waals surface area contributed by atoms with Gasteiger partial charge >= 0.3 is 6.09 Å². The molecule has 1 amide bonds. The van der Waals surface area contributed by atoms with Gasteiger partial charge in [-0.25, -0.2) is 4.79 Å². The molecule has 1 aromatic rings. The fraction of sp³-hybridized carbons (Fsp3) is 0.385. The predicted molar refractivity (Wildman–Crippen MR) is 68.9 cm³/mol. The SMILES string of the molecule is CC(C)(C)OC(=O)NCc1cccc(/C=N/O)c1. The van der Waals surface area contributed by atoms with E-state index in [1.165, 1.54) is 6.21 Å². The number of benzene rings is 1. The van der Waals surface area contributed by atoms with Crippen molar-refractivity contribution in [3.8, 4) is 0 Å². The lowest BCUT2D eigenvalue weighted by molar-refractivity contribution is 0.0523. The maximum Gasteiger partial charge on any atom is 0.407 e. The molecule has 0 bridgehead atoms. The molecule has 0 heterocycles. The highest BCUT2D eigenvalue weighted by atomic mass is 16.6. The van der Waals surface area contributed by atoms with Gasteiger partial charge in [0.25, 0.3) is 0 Å². The second-order valence-corrected chi connectivity index (χ2v) is 4.85. The number of ether oxygens (including phenoxy) is 1. The van der Waals surface area contributed by atoms with Crippen molar-refractivity contribution < 1.29 is 14.7 Å². The maximum absolute atomic E-state index is 11.4. The Hall–Kier alpha value is -2.04. The third kappa shape index (κ3) is 5.34. The van der Waals surface area contributed by atoms with Crippen LogP contribution in [0.1, 0.15) is 31.9 Å². The van der Waals surface area contributed by atoms with E-state index < -0.39 is 11.7 Å². The molecule has 1 aromatic carbocycles. The average Bonchev–Trinajstić information content (AvgIpc) is 2.25. The largest absolute Gasteiger partial charge is 0.444 e. The molecule has 0 spiro atoms. The standard InChI is InChI=1S/C13H18N2O3/c1-13(2,3)18-12(16)14-8-10-5-4-6-11(7-10)9-15-17/h4-7,9,17H,8H2,1-3H3,(H,14,16)/b15-9+. The van der Waals surface area contributed by atoms with Crippen LogP contribution in [0.5, 0.6) is 0 Å². The first-order valence-corrected chi connectivity index (χ1v) is 5.64. The van der Waals surface area contributed by atoms with E-state index in [4.69, 9.17) is 9.94 Å². The number of alkyl carbamates (subject to hydrolysis) is 1. The van der Waals surface area contributed by atoms with Gasteiger partial charge < -0.3 is 15.3 Å². The number of hydrogen-bond acceptors (Lipinski definition) is 4. The highest BCUT2D eigenvalue weighted by molar-refractivity contribution is 5.79. The van der Waals surface area contributed by atoms with E-state index in [1.807, 2.05) is 39.0 Å². The zero-order valence-electron chi connectivity index (χ0n) is 10.8. The van der Waals surface area contributed by atoms with Gasteiger partial charge in [0.05, 0.1) is 6.21 Å². The molecule has 0 saturated carbocycles. The summed E-state index contributed by atoms with van der Waals surface area (Å²) in [6, 6.07) is 7.31. The Morgan fingerprint density at radius 2 is 2.22 bits per heavy atom. The molecule has 0 unspecified atom stereocenters. The minimum Gasteiger partial charge on any atom is -0.444 e. The van der Waals surface area contributed by atoms with E-state index in [9.17, 15) is 4.79 Å². The molecule has 0 saturated heterocycles.